The van der Waals surface area contributed by atoms with E-state index in [0.717, 1.165) is 0 Å². The second-order valence-corrected chi connectivity index (χ2v) is 4.16. The fraction of sp³-hybridized carbons (Fsp3) is 0.0769. The fourth-order valence-electron chi connectivity index (χ4n) is 1.51. The van der Waals surface area contributed by atoms with Crippen molar-refractivity contribution in [3.63, 3.8) is 0 Å². The maximum Gasteiger partial charge on any atom is 0.291 e. The molecule has 1 aromatic carbocycles. The monoisotopic (exact) mass is 275 g/mol. The number of nitrogens with zero attached hydrogens (tertiary/aromatic N) is 1. The van der Waals surface area contributed by atoms with Gasteiger partial charge in [-0.3, -0.25) is 4.79 Å². The van der Waals surface area contributed by atoms with E-state index in [-0.39, 0.29) is 12.3 Å². The zero-order valence-corrected chi connectivity index (χ0v) is 10.6. The van der Waals surface area contributed by atoms with Crippen LogP contribution in [0.5, 0.6) is 0 Å². The van der Waals surface area contributed by atoms with E-state index in [1.54, 1.807) is 12.1 Å². The molecular weight excluding hydrogens is 266 g/mol. The lowest BCUT2D eigenvalue weighted by atomic mass is 10.2. The van der Waals surface area contributed by atoms with Crippen LogP contribution in [0, 0.1) is 11.3 Å². The summed E-state index contributed by atoms with van der Waals surface area (Å²) < 4.78 is 5.22. The van der Waals surface area contributed by atoms with E-state index in [2.05, 4.69) is 5.32 Å². The largest absolute Gasteiger partial charge is 0.455 e. The van der Waals surface area contributed by atoms with Crippen molar-refractivity contribution in [1.82, 2.24) is 0 Å². The predicted octanol–water partition coefficient (Wildman–Crippen LogP) is 2.52. The summed E-state index contributed by atoms with van der Waals surface area (Å²) in [4.78, 5) is 11.9. The molecule has 19 heavy (non-hydrogen) atoms. The summed E-state index contributed by atoms with van der Waals surface area (Å²) in [6.45, 7) is 0.216. The van der Waals surface area contributed by atoms with Crippen molar-refractivity contribution in [3.05, 3.63) is 52.4 Å². The molecule has 2 rings (SSSR count). The van der Waals surface area contributed by atoms with Gasteiger partial charge in [0.25, 0.3) is 5.91 Å². The van der Waals surface area contributed by atoms with Gasteiger partial charge in [-0.05, 0) is 30.3 Å². The Morgan fingerprint density at radius 3 is 2.84 bits per heavy atom. The second-order valence-electron chi connectivity index (χ2n) is 3.73. The number of hydrogen-bond acceptors (Lipinski definition) is 4. The van der Waals surface area contributed by atoms with Gasteiger partial charge in [-0.15, -0.1) is 0 Å². The molecule has 0 radical (unpaired) electrons. The molecule has 0 unspecified atom stereocenters. The van der Waals surface area contributed by atoms with Gasteiger partial charge < -0.3 is 15.5 Å². The molecule has 3 N–H and O–H groups in total. The Bertz CT molecular complexity index is 658. The van der Waals surface area contributed by atoms with Crippen LogP contribution >= 0.6 is 11.6 Å². The van der Waals surface area contributed by atoms with E-state index in [9.17, 15) is 4.79 Å². The van der Waals surface area contributed by atoms with Crippen LogP contribution in [0.1, 0.15) is 21.9 Å². The lowest BCUT2D eigenvalue weighted by Crippen LogP contribution is -2.12. The highest BCUT2D eigenvalue weighted by Gasteiger charge is 2.13. The van der Waals surface area contributed by atoms with Gasteiger partial charge in [0.05, 0.1) is 17.8 Å². The average Bonchev–Trinajstić information content (AvgIpc) is 2.88. The van der Waals surface area contributed by atoms with Gasteiger partial charge in [0.2, 0.25) is 0 Å². The minimum atomic E-state index is -0.460. The maximum atomic E-state index is 11.9. The SMILES string of the molecule is N#Cc1ccc(Cl)cc1NC(=O)c1ccc(CN)o1. The number of halogens is 1. The summed E-state index contributed by atoms with van der Waals surface area (Å²) in [7, 11) is 0. The van der Waals surface area contributed by atoms with Crippen LogP contribution in [0.2, 0.25) is 5.02 Å². The Labute approximate surface area is 114 Å². The van der Waals surface area contributed by atoms with E-state index in [0.29, 0.717) is 22.0 Å². The predicted molar refractivity (Wildman–Crippen MR) is 70.7 cm³/mol. The Hall–Kier alpha value is -2.29. The second kappa shape index (κ2) is 5.57. The molecule has 0 aliphatic rings. The van der Waals surface area contributed by atoms with Gasteiger partial charge in [-0.2, -0.15) is 5.26 Å². The van der Waals surface area contributed by atoms with Crippen LogP contribution in [0.25, 0.3) is 0 Å². The van der Waals surface area contributed by atoms with Crippen LogP contribution < -0.4 is 11.1 Å². The van der Waals surface area contributed by atoms with Gasteiger partial charge in [0.1, 0.15) is 11.8 Å². The molecule has 0 bridgehead atoms. The number of carbonyl (C=O) groups is 1. The molecule has 0 aliphatic carbocycles. The molecule has 1 aromatic heterocycles. The topological polar surface area (TPSA) is 92.0 Å². The van der Waals surface area contributed by atoms with Crippen molar-refractivity contribution in [3.8, 4) is 6.07 Å². The van der Waals surface area contributed by atoms with Gasteiger partial charge in [0.15, 0.2) is 5.76 Å². The number of amides is 1. The van der Waals surface area contributed by atoms with Crippen molar-refractivity contribution in [2.24, 2.45) is 5.73 Å². The van der Waals surface area contributed by atoms with Gasteiger partial charge in [-0.25, -0.2) is 0 Å². The molecule has 6 heteroatoms. The highest BCUT2D eigenvalue weighted by molar-refractivity contribution is 6.31. The molecule has 0 saturated carbocycles. The lowest BCUT2D eigenvalue weighted by molar-refractivity contribution is 0.0995. The summed E-state index contributed by atoms with van der Waals surface area (Å²) >= 11 is 5.83. The van der Waals surface area contributed by atoms with Gasteiger partial charge in [-0.1, -0.05) is 11.6 Å². The number of anilines is 1. The van der Waals surface area contributed by atoms with Crippen LogP contribution in [0.3, 0.4) is 0 Å². The van der Waals surface area contributed by atoms with Gasteiger partial charge >= 0.3 is 0 Å². The van der Waals surface area contributed by atoms with Crippen LogP contribution in [-0.2, 0) is 6.54 Å². The minimum absolute atomic E-state index is 0.129. The van der Waals surface area contributed by atoms with E-state index in [1.807, 2.05) is 6.07 Å². The average molecular weight is 276 g/mol. The van der Waals surface area contributed by atoms with Crippen molar-refractivity contribution in [2.75, 3.05) is 5.32 Å². The first kappa shape index (κ1) is 13.1. The highest BCUT2D eigenvalue weighted by Crippen LogP contribution is 2.21. The molecule has 0 saturated heterocycles. The van der Waals surface area contributed by atoms with E-state index in [1.165, 1.54) is 18.2 Å². The number of nitrogens with one attached hydrogen (secondary N) is 1. The molecule has 0 fully saturated rings. The molecule has 0 spiro atoms. The fourth-order valence-corrected chi connectivity index (χ4v) is 1.68. The third-order valence-electron chi connectivity index (χ3n) is 2.44. The summed E-state index contributed by atoms with van der Waals surface area (Å²) in [6, 6.07) is 9.73. The third kappa shape index (κ3) is 2.94. The van der Waals surface area contributed by atoms with Crippen molar-refractivity contribution < 1.29 is 9.21 Å². The number of nitrogens with two attached hydrogens (primary N) is 1. The number of carbonyl (C=O) groups excluding carboxylic acids is 1. The van der Waals surface area contributed by atoms with Crippen LogP contribution in [-0.4, -0.2) is 5.91 Å². The molecule has 0 atom stereocenters. The molecule has 2 aromatic rings. The normalized spacial score (nSPS) is 9.95. The first-order valence-electron chi connectivity index (χ1n) is 5.44. The number of hydrogen-bond donors (Lipinski definition) is 2. The Morgan fingerprint density at radius 1 is 1.42 bits per heavy atom. The highest BCUT2D eigenvalue weighted by atomic mass is 35.5. The third-order valence-corrected chi connectivity index (χ3v) is 2.67. The first-order chi connectivity index (χ1) is 9.13. The quantitative estimate of drug-likeness (QED) is 0.900. The zero-order chi connectivity index (χ0) is 13.8. The molecule has 1 heterocycles. The van der Waals surface area contributed by atoms with Crippen molar-refractivity contribution in [1.29, 1.82) is 5.26 Å². The maximum absolute atomic E-state index is 11.9. The first-order valence-corrected chi connectivity index (χ1v) is 5.81. The number of nitriles is 1. The minimum Gasteiger partial charge on any atom is -0.455 e. The molecule has 0 aliphatic heterocycles. The summed E-state index contributed by atoms with van der Waals surface area (Å²) in [5.74, 6) is 0.180. The molecule has 1 amide bonds. The number of furan rings is 1. The van der Waals surface area contributed by atoms with Crippen molar-refractivity contribution in [2.45, 2.75) is 6.54 Å². The molecule has 96 valence electrons. The summed E-state index contributed by atoms with van der Waals surface area (Å²) in [5, 5.41) is 12.0. The van der Waals surface area contributed by atoms with E-state index in [4.69, 9.17) is 27.0 Å². The summed E-state index contributed by atoms with van der Waals surface area (Å²) in [6.07, 6.45) is 0. The Kier molecular flexibility index (Phi) is 3.85. The van der Waals surface area contributed by atoms with Crippen LogP contribution in [0.4, 0.5) is 5.69 Å². The number of benzene rings is 1. The smallest absolute Gasteiger partial charge is 0.291 e. The number of rotatable bonds is 3. The summed E-state index contributed by atoms with van der Waals surface area (Å²) in [5.41, 5.74) is 6.06. The van der Waals surface area contributed by atoms with Crippen molar-refractivity contribution >= 4 is 23.2 Å². The van der Waals surface area contributed by atoms with E-state index < -0.39 is 5.91 Å². The zero-order valence-electron chi connectivity index (χ0n) is 9.81. The van der Waals surface area contributed by atoms with E-state index >= 15 is 0 Å². The standard InChI is InChI=1S/C13H10ClN3O2/c14-9-2-1-8(6-15)11(5-9)17-13(18)12-4-3-10(7-16)19-12/h1-5H,7,16H2,(H,17,18). The molecule has 5 nitrogen and oxygen atoms in total. The Balaban J connectivity index is 2.23. The lowest BCUT2D eigenvalue weighted by Gasteiger charge is -2.05. The van der Waals surface area contributed by atoms with Crippen LogP contribution in [0.15, 0.2) is 34.7 Å². The van der Waals surface area contributed by atoms with Gasteiger partial charge in [0, 0.05) is 5.02 Å². The molecular formula is C13H10ClN3O2. The Morgan fingerprint density at radius 2 is 2.21 bits per heavy atom.